The van der Waals surface area contributed by atoms with Gasteiger partial charge in [-0.25, -0.2) is 0 Å². The average Bonchev–Trinajstić information content (AvgIpc) is 2.25. The molecule has 96 valence electrons. The molecule has 0 radical (unpaired) electrons. The van der Waals surface area contributed by atoms with Crippen molar-refractivity contribution in [3.63, 3.8) is 0 Å². The Kier molecular flexibility index (Phi) is 6.00. The van der Waals surface area contributed by atoms with E-state index in [2.05, 4.69) is 35.8 Å². The predicted octanol–water partition coefficient (Wildman–Crippen LogP) is 3.76. The monoisotopic (exact) mass is 299 g/mol. The van der Waals surface area contributed by atoms with Crippen LogP contribution >= 0.6 is 15.9 Å². The Morgan fingerprint density at radius 2 is 2.06 bits per heavy atom. The highest BCUT2D eigenvalue weighted by molar-refractivity contribution is 9.10. The predicted molar refractivity (Wildman–Crippen MR) is 76.4 cm³/mol. The van der Waals surface area contributed by atoms with Gasteiger partial charge in [0, 0.05) is 10.5 Å². The maximum absolute atomic E-state index is 6.10. The number of hydrogen-bond acceptors (Lipinski definition) is 2. The molecule has 0 aliphatic carbocycles. The van der Waals surface area contributed by atoms with E-state index in [0.717, 1.165) is 29.5 Å². The van der Waals surface area contributed by atoms with Crippen LogP contribution in [0.1, 0.15) is 32.3 Å². The van der Waals surface area contributed by atoms with E-state index in [1.807, 2.05) is 12.1 Å². The van der Waals surface area contributed by atoms with Gasteiger partial charge >= 0.3 is 0 Å². The molecule has 0 saturated carbocycles. The zero-order valence-electron chi connectivity index (χ0n) is 10.9. The molecule has 1 atom stereocenters. The molecule has 1 unspecified atom stereocenters. The molecule has 0 bridgehead atoms. The molecule has 0 heterocycles. The maximum atomic E-state index is 6.10. The lowest BCUT2D eigenvalue weighted by Crippen LogP contribution is -2.22. The zero-order chi connectivity index (χ0) is 12.8. The summed E-state index contributed by atoms with van der Waals surface area (Å²) in [7, 11) is 1.71. The van der Waals surface area contributed by atoms with Gasteiger partial charge in [-0.3, -0.25) is 0 Å². The Bertz CT molecular complexity index is 352. The number of benzene rings is 1. The molecule has 1 aromatic carbocycles. The van der Waals surface area contributed by atoms with Gasteiger partial charge in [0.2, 0.25) is 0 Å². The molecule has 1 rings (SSSR count). The second-order valence-corrected chi connectivity index (χ2v) is 5.80. The fourth-order valence-electron chi connectivity index (χ4n) is 2.01. The maximum Gasteiger partial charge on any atom is 0.122 e. The first-order chi connectivity index (χ1) is 8.02. The van der Waals surface area contributed by atoms with Crippen molar-refractivity contribution in [3.8, 4) is 5.75 Å². The van der Waals surface area contributed by atoms with Gasteiger partial charge in [-0.05, 0) is 48.9 Å². The number of halogens is 1. The number of ether oxygens (including phenoxy) is 1. The normalized spacial score (nSPS) is 12.8. The van der Waals surface area contributed by atoms with Crippen molar-refractivity contribution < 1.29 is 4.74 Å². The van der Waals surface area contributed by atoms with Gasteiger partial charge in [0.15, 0.2) is 0 Å². The van der Waals surface area contributed by atoms with E-state index in [1.54, 1.807) is 7.11 Å². The Morgan fingerprint density at radius 3 is 2.65 bits per heavy atom. The van der Waals surface area contributed by atoms with E-state index in [1.165, 1.54) is 5.56 Å². The quantitative estimate of drug-likeness (QED) is 0.868. The molecule has 0 amide bonds. The molecule has 2 N–H and O–H groups in total. The second-order valence-electron chi connectivity index (χ2n) is 4.88. The first-order valence-corrected chi connectivity index (χ1v) is 6.90. The van der Waals surface area contributed by atoms with Crippen LogP contribution in [0.2, 0.25) is 0 Å². The molecular weight excluding hydrogens is 278 g/mol. The van der Waals surface area contributed by atoms with Crippen LogP contribution in [-0.2, 0) is 6.42 Å². The van der Waals surface area contributed by atoms with Crippen molar-refractivity contribution in [2.75, 3.05) is 7.11 Å². The van der Waals surface area contributed by atoms with Crippen LogP contribution in [-0.4, -0.2) is 13.2 Å². The minimum absolute atomic E-state index is 0.277. The van der Waals surface area contributed by atoms with Gasteiger partial charge in [-0.2, -0.15) is 0 Å². The smallest absolute Gasteiger partial charge is 0.122 e. The van der Waals surface area contributed by atoms with Gasteiger partial charge in [0.1, 0.15) is 5.75 Å². The molecule has 0 aromatic heterocycles. The number of methoxy groups -OCH3 is 1. The fraction of sp³-hybridized carbons (Fsp3) is 0.571. The number of aryl methyl sites for hydroxylation is 1. The van der Waals surface area contributed by atoms with E-state index in [-0.39, 0.29) is 6.04 Å². The number of hydrogen-bond donors (Lipinski definition) is 1. The van der Waals surface area contributed by atoms with Crippen LogP contribution < -0.4 is 10.5 Å². The van der Waals surface area contributed by atoms with E-state index >= 15 is 0 Å². The largest absolute Gasteiger partial charge is 0.496 e. The second kappa shape index (κ2) is 7.02. The Hall–Kier alpha value is -0.540. The molecule has 0 fully saturated rings. The molecule has 0 saturated heterocycles. The molecule has 0 aliphatic heterocycles. The van der Waals surface area contributed by atoms with Crippen molar-refractivity contribution in [2.24, 2.45) is 11.7 Å². The molecule has 17 heavy (non-hydrogen) atoms. The highest BCUT2D eigenvalue weighted by Gasteiger charge is 2.09. The fourth-order valence-corrected chi connectivity index (χ4v) is 2.42. The Balaban J connectivity index is 2.58. The minimum atomic E-state index is 0.277. The van der Waals surface area contributed by atoms with E-state index < -0.39 is 0 Å². The van der Waals surface area contributed by atoms with Crippen LogP contribution in [0.15, 0.2) is 22.7 Å². The molecule has 1 aromatic rings. The van der Waals surface area contributed by atoms with Crippen molar-refractivity contribution in [1.29, 1.82) is 0 Å². The standard InChI is InChI=1S/C14H22BrNO/c1-10(2)8-13(16)6-4-11-9-12(15)5-7-14(11)17-3/h5,7,9-10,13H,4,6,8,16H2,1-3H3. The summed E-state index contributed by atoms with van der Waals surface area (Å²) in [5.74, 6) is 1.61. The summed E-state index contributed by atoms with van der Waals surface area (Å²) in [6.07, 6.45) is 3.05. The lowest BCUT2D eigenvalue weighted by molar-refractivity contribution is 0.406. The summed E-state index contributed by atoms with van der Waals surface area (Å²) in [5, 5.41) is 0. The van der Waals surface area contributed by atoms with Gasteiger partial charge in [0.05, 0.1) is 7.11 Å². The molecule has 2 nitrogen and oxygen atoms in total. The lowest BCUT2D eigenvalue weighted by Gasteiger charge is -2.15. The van der Waals surface area contributed by atoms with Crippen molar-refractivity contribution in [1.82, 2.24) is 0 Å². The summed E-state index contributed by atoms with van der Waals surface area (Å²) in [5.41, 5.74) is 7.32. The van der Waals surface area contributed by atoms with Gasteiger partial charge < -0.3 is 10.5 Å². The minimum Gasteiger partial charge on any atom is -0.496 e. The van der Waals surface area contributed by atoms with Gasteiger partial charge in [0.25, 0.3) is 0 Å². The topological polar surface area (TPSA) is 35.2 Å². The lowest BCUT2D eigenvalue weighted by atomic mass is 9.98. The first-order valence-electron chi connectivity index (χ1n) is 6.11. The summed E-state index contributed by atoms with van der Waals surface area (Å²) in [6.45, 7) is 4.42. The average molecular weight is 300 g/mol. The summed E-state index contributed by atoms with van der Waals surface area (Å²) in [6, 6.07) is 6.38. The third-order valence-electron chi connectivity index (χ3n) is 2.80. The van der Waals surface area contributed by atoms with Gasteiger partial charge in [-0.1, -0.05) is 29.8 Å². The van der Waals surface area contributed by atoms with Crippen LogP contribution in [0.25, 0.3) is 0 Å². The third kappa shape index (κ3) is 5.09. The highest BCUT2D eigenvalue weighted by atomic mass is 79.9. The molecule has 0 spiro atoms. The van der Waals surface area contributed by atoms with Crippen LogP contribution in [0, 0.1) is 5.92 Å². The first kappa shape index (κ1) is 14.5. The van der Waals surface area contributed by atoms with Crippen LogP contribution in [0.4, 0.5) is 0 Å². The number of rotatable bonds is 6. The van der Waals surface area contributed by atoms with Crippen LogP contribution in [0.3, 0.4) is 0 Å². The van der Waals surface area contributed by atoms with Gasteiger partial charge in [-0.15, -0.1) is 0 Å². The SMILES string of the molecule is COc1ccc(Br)cc1CCC(N)CC(C)C. The molecule has 0 aliphatic rings. The third-order valence-corrected chi connectivity index (χ3v) is 3.29. The Morgan fingerprint density at radius 1 is 1.35 bits per heavy atom. The Labute approximate surface area is 113 Å². The van der Waals surface area contributed by atoms with Crippen LogP contribution in [0.5, 0.6) is 5.75 Å². The van der Waals surface area contributed by atoms with E-state index in [4.69, 9.17) is 10.5 Å². The highest BCUT2D eigenvalue weighted by Crippen LogP contribution is 2.24. The summed E-state index contributed by atoms with van der Waals surface area (Å²) >= 11 is 3.49. The van der Waals surface area contributed by atoms with Crippen molar-refractivity contribution in [2.45, 2.75) is 39.2 Å². The van der Waals surface area contributed by atoms with Crippen molar-refractivity contribution in [3.05, 3.63) is 28.2 Å². The van der Waals surface area contributed by atoms with Crippen molar-refractivity contribution >= 4 is 15.9 Å². The van der Waals surface area contributed by atoms with E-state index in [0.29, 0.717) is 5.92 Å². The molecule has 3 heteroatoms. The van der Waals surface area contributed by atoms with E-state index in [9.17, 15) is 0 Å². The summed E-state index contributed by atoms with van der Waals surface area (Å²) in [4.78, 5) is 0. The summed E-state index contributed by atoms with van der Waals surface area (Å²) < 4.78 is 6.44. The molecular formula is C14H22BrNO. The number of nitrogens with two attached hydrogens (primary N) is 1. The zero-order valence-corrected chi connectivity index (χ0v) is 12.5.